The molecule has 0 aliphatic rings. The van der Waals surface area contributed by atoms with Crippen molar-refractivity contribution in [3.63, 3.8) is 0 Å². The van der Waals surface area contributed by atoms with E-state index in [1.54, 1.807) is 12.1 Å². The summed E-state index contributed by atoms with van der Waals surface area (Å²) >= 11 is 6.37. The zero-order valence-electron chi connectivity index (χ0n) is 14.5. The van der Waals surface area contributed by atoms with Gasteiger partial charge >= 0.3 is 0 Å². The summed E-state index contributed by atoms with van der Waals surface area (Å²) in [5.41, 5.74) is 4.21. The van der Waals surface area contributed by atoms with E-state index >= 15 is 0 Å². The molecule has 3 aromatic rings. The number of fused-ring (bicyclic) bond motifs is 1. The largest absolute Gasteiger partial charge is 0.493 e. The summed E-state index contributed by atoms with van der Waals surface area (Å²) < 4.78 is 13.2. The molecule has 0 N–H and O–H groups in total. The van der Waals surface area contributed by atoms with Crippen molar-refractivity contribution in [2.24, 2.45) is 0 Å². The van der Waals surface area contributed by atoms with Gasteiger partial charge in [-0.05, 0) is 50.6 Å². The zero-order chi connectivity index (χ0) is 18.0. The number of carbonyl (C=O) groups is 1. The second kappa shape index (κ2) is 7.19. The Labute approximate surface area is 151 Å². The van der Waals surface area contributed by atoms with E-state index in [9.17, 15) is 4.79 Å². The SMILES string of the molecule is CCOc1cc(OCC)c(-c2cc3cc(C)ccn3c2C=O)cc1Cl. The molecule has 0 amide bonds. The topological polar surface area (TPSA) is 39.9 Å². The number of halogens is 1. The molecule has 5 heteroatoms. The number of ether oxygens (including phenoxy) is 2. The zero-order valence-corrected chi connectivity index (χ0v) is 15.3. The minimum absolute atomic E-state index is 0.489. The third kappa shape index (κ3) is 3.22. The van der Waals surface area contributed by atoms with Gasteiger partial charge in [0.1, 0.15) is 11.5 Å². The Morgan fingerprint density at radius 1 is 1.04 bits per heavy atom. The maximum Gasteiger partial charge on any atom is 0.167 e. The van der Waals surface area contributed by atoms with Gasteiger partial charge in [-0.25, -0.2) is 0 Å². The molecule has 0 unspecified atom stereocenters. The number of aldehydes is 1. The third-order valence-corrected chi connectivity index (χ3v) is 4.30. The van der Waals surface area contributed by atoms with Gasteiger partial charge in [0.25, 0.3) is 0 Å². The molecule has 0 radical (unpaired) electrons. The van der Waals surface area contributed by atoms with E-state index in [0.29, 0.717) is 35.4 Å². The van der Waals surface area contributed by atoms with E-state index in [-0.39, 0.29) is 0 Å². The van der Waals surface area contributed by atoms with Crippen LogP contribution in [0.2, 0.25) is 5.02 Å². The summed E-state index contributed by atoms with van der Waals surface area (Å²) in [5, 5.41) is 0.489. The molecular weight excluding hydrogens is 338 g/mol. The Hall–Kier alpha value is -2.46. The first-order chi connectivity index (χ1) is 12.1. The van der Waals surface area contributed by atoms with Gasteiger partial charge < -0.3 is 13.9 Å². The normalized spacial score (nSPS) is 10.9. The number of rotatable bonds is 6. The number of aromatic nitrogens is 1. The van der Waals surface area contributed by atoms with Crippen LogP contribution < -0.4 is 9.47 Å². The van der Waals surface area contributed by atoms with Crippen molar-refractivity contribution in [3.8, 4) is 22.6 Å². The van der Waals surface area contributed by atoms with Gasteiger partial charge in [-0.3, -0.25) is 4.79 Å². The maximum absolute atomic E-state index is 11.8. The van der Waals surface area contributed by atoms with E-state index in [2.05, 4.69) is 0 Å². The van der Waals surface area contributed by atoms with Gasteiger partial charge in [0.15, 0.2) is 6.29 Å². The van der Waals surface area contributed by atoms with Crippen molar-refractivity contribution in [2.75, 3.05) is 13.2 Å². The summed E-state index contributed by atoms with van der Waals surface area (Å²) in [6, 6.07) is 9.57. The molecule has 0 aliphatic heterocycles. The molecule has 1 aromatic carbocycles. The number of benzene rings is 1. The second-order valence-corrected chi connectivity index (χ2v) is 6.11. The van der Waals surface area contributed by atoms with Gasteiger partial charge in [-0.1, -0.05) is 11.6 Å². The van der Waals surface area contributed by atoms with Gasteiger partial charge in [0.2, 0.25) is 0 Å². The quantitative estimate of drug-likeness (QED) is 0.571. The van der Waals surface area contributed by atoms with Crippen LogP contribution in [-0.2, 0) is 0 Å². The highest BCUT2D eigenvalue weighted by Crippen LogP contribution is 2.40. The van der Waals surface area contributed by atoms with E-state index in [4.69, 9.17) is 21.1 Å². The van der Waals surface area contributed by atoms with Crippen molar-refractivity contribution in [1.82, 2.24) is 4.40 Å². The van der Waals surface area contributed by atoms with E-state index in [1.165, 1.54) is 0 Å². The molecule has 0 saturated carbocycles. The molecule has 0 aliphatic carbocycles. The van der Waals surface area contributed by atoms with Crippen LogP contribution in [0, 0.1) is 6.92 Å². The predicted molar refractivity (Wildman–Crippen MR) is 100 cm³/mol. The fourth-order valence-corrected chi connectivity index (χ4v) is 3.15. The van der Waals surface area contributed by atoms with Gasteiger partial charge in [0.05, 0.1) is 23.9 Å². The molecule has 0 fully saturated rings. The minimum atomic E-state index is 0.489. The van der Waals surface area contributed by atoms with Crippen molar-refractivity contribution < 1.29 is 14.3 Å². The highest BCUT2D eigenvalue weighted by Gasteiger charge is 2.18. The molecule has 25 heavy (non-hydrogen) atoms. The van der Waals surface area contributed by atoms with Gasteiger partial charge in [0, 0.05) is 28.9 Å². The molecule has 4 nitrogen and oxygen atoms in total. The lowest BCUT2D eigenvalue weighted by atomic mass is 10.0. The molecular formula is C20H20ClNO3. The lowest BCUT2D eigenvalue weighted by Crippen LogP contribution is -1.99. The van der Waals surface area contributed by atoms with E-state index < -0.39 is 0 Å². The van der Waals surface area contributed by atoms with Crippen LogP contribution in [0.5, 0.6) is 11.5 Å². The van der Waals surface area contributed by atoms with Crippen LogP contribution in [0.15, 0.2) is 36.5 Å². The standard InChI is InChI=1S/C20H20ClNO3/c1-4-24-19-11-20(25-5-2)17(21)10-16(19)15-9-14-8-13(3)6-7-22(14)18(15)12-23/h6-12H,4-5H2,1-3H3. The fourth-order valence-electron chi connectivity index (χ4n) is 2.93. The number of carbonyl (C=O) groups excluding carboxylic acids is 1. The lowest BCUT2D eigenvalue weighted by molar-refractivity contribution is 0.111. The number of pyridine rings is 1. The summed E-state index contributed by atoms with van der Waals surface area (Å²) in [7, 11) is 0. The fraction of sp³-hybridized carbons (Fsp3) is 0.250. The number of aryl methyl sites for hydroxylation is 1. The van der Waals surface area contributed by atoms with Crippen molar-refractivity contribution in [3.05, 3.63) is 52.8 Å². The second-order valence-electron chi connectivity index (χ2n) is 5.70. The number of hydrogen-bond donors (Lipinski definition) is 0. The Kier molecular flexibility index (Phi) is 5.00. The smallest absolute Gasteiger partial charge is 0.167 e. The molecule has 0 bridgehead atoms. The lowest BCUT2D eigenvalue weighted by Gasteiger charge is -2.14. The van der Waals surface area contributed by atoms with E-state index in [0.717, 1.165) is 28.5 Å². The Morgan fingerprint density at radius 3 is 2.44 bits per heavy atom. The molecule has 2 aromatic heterocycles. The minimum Gasteiger partial charge on any atom is -0.493 e. The molecule has 0 atom stereocenters. The molecule has 3 rings (SSSR count). The van der Waals surface area contributed by atoms with Crippen molar-refractivity contribution in [1.29, 1.82) is 0 Å². The van der Waals surface area contributed by atoms with Crippen LogP contribution in [0.3, 0.4) is 0 Å². The molecule has 0 spiro atoms. The summed E-state index contributed by atoms with van der Waals surface area (Å²) in [5.74, 6) is 1.22. The van der Waals surface area contributed by atoms with Crippen molar-refractivity contribution in [2.45, 2.75) is 20.8 Å². The van der Waals surface area contributed by atoms with Crippen LogP contribution >= 0.6 is 11.6 Å². The van der Waals surface area contributed by atoms with Crippen LogP contribution in [0.25, 0.3) is 16.6 Å². The Bertz CT molecular complexity index is 930. The Morgan fingerprint density at radius 2 is 1.76 bits per heavy atom. The average Bonchev–Trinajstić information content (AvgIpc) is 2.95. The molecule has 0 saturated heterocycles. The predicted octanol–water partition coefficient (Wildman–Crippen LogP) is 5.18. The van der Waals surface area contributed by atoms with E-state index in [1.807, 2.05) is 49.6 Å². The maximum atomic E-state index is 11.8. The highest BCUT2D eigenvalue weighted by molar-refractivity contribution is 6.32. The average molecular weight is 358 g/mol. The highest BCUT2D eigenvalue weighted by atomic mass is 35.5. The van der Waals surface area contributed by atoms with Gasteiger partial charge in [-0.15, -0.1) is 0 Å². The summed E-state index contributed by atoms with van der Waals surface area (Å²) in [6.45, 7) is 6.85. The first kappa shape index (κ1) is 17.4. The van der Waals surface area contributed by atoms with Gasteiger partial charge in [-0.2, -0.15) is 0 Å². The van der Waals surface area contributed by atoms with Crippen LogP contribution in [0.1, 0.15) is 29.9 Å². The summed E-state index contributed by atoms with van der Waals surface area (Å²) in [4.78, 5) is 11.8. The monoisotopic (exact) mass is 357 g/mol. The third-order valence-electron chi connectivity index (χ3n) is 4.00. The summed E-state index contributed by atoms with van der Waals surface area (Å²) in [6.07, 6.45) is 2.76. The van der Waals surface area contributed by atoms with Crippen LogP contribution in [-0.4, -0.2) is 23.9 Å². The van der Waals surface area contributed by atoms with Crippen LogP contribution in [0.4, 0.5) is 0 Å². The first-order valence-electron chi connectivity index (χ1n) is 8.25. The Balaban J connectivity index is 2.26. The first-order valence-corrected chi connectivity index (χ1v) is 8.63. The number of nitrogens with zero attached hydrogens (tertiary/aromatic N) is 1. The number of hydrogen-bond acceptors (Lipinski definition) is 3. The molecule has 2 heterocycles. The molecule has 130 valence electrons. The van der Waals surface area contributed by atoms with Crippen molar-refractivity contribution >= 4 is 23.4 Å².